The van der Waals surface area contributed by atoms with E-state index in [0.29, 0.717) is 24.6 Å². The molecule has 2 aliphatic rings. The zero-order valence-corrected chi connectivity index (χ0v) is 16.5. The van der Waals surface area contributed by atoms with Crippen molar-refractivity contribution in [3.8, 4) is 5.75 Å². The van der Waals surface area contributed by atoms with Crippen molar-refractivity contribution >= 4 is 23.6 Å². The van der Waals surface area contributed by atoms with E-state index >= 15 is 0 Å². The van der Waals surface area contributed by atoms with Crippen molar-refractivity contribution in [2.75, 3.05) is 12.3 Å². The van der Waals surface area contributed by atoms with Gasteiger partial charge in [0.05, 0.1) is 11.9 Å². The number of carbonyl (C=O) groups excluding carboxylic acids is 2. The Morgan fingerprint density at radius 1 is 1.28 bits per heavy atom. The summed E-state index contributed by atoms with van der Waals surface area (Å²) in [5.74, 6) is -0.895. The summed E-state index contributed by atoms with van der Waals surface area (Å²) in [5, 5.41) is 12.9. The normalized spacial score (nSPS) is 20.8. The molecule has 0 bridgehead atoms. The first-order valence-electron chi connectivity index (χ1n) is 9.26. The molecule has 152 valence electrons. The van der Waals surface area contributed by atoms with Gasteiger partial charge in [-0.2, -0.15) is 0 Å². The molecule has 2 unspecified atom stereocenters. The fourth-order valence-electron chi connectivity index (χ4n) is 3.60. The van der Waals surface area contributed by atoms with E-state index in [1.807, 2.05) is 6.92 Å². The third-order valence-corrected chi connectivity index (χ3v) is 6.66. The third-order valence-electron chi connectivity index (χ3n) is 5.11. The number of nitrogens with zero attached hydrogens (tertiary/aromatic N) is 2. The average Bonchev–Trinajstić information content (AvgIpc) is 2.70. The Morgan fingerprint density at radius 2 is 2.00 bits per heavy atom. The van der Waals surface area contributed by atoms with Crippen molar-refractivity contribution in [3.05, 3.63) is 63.3 Å². The van der Waals surface area contributed by atoms with Crippen LogP contribution in [-0.2, 0) is 13.1 Å². The number of rotatable bonds is 3. The summed E-state index contributed by atoms with van der Waals surface area (Å²) in [6.45, 7) is 3.12. The van der Waals surface area contributed by atoms with Gasteiger partial charge in [-0.05, 0) is 29.4 Å². The van der Waals surface area contributed by atoms with Gasteiger partial charge < -0.3 is 19.9 Å². The Hall–Kier alpha value is -2.81. The van der Waals surface area contributed by atoms with Gasteiger partial charge in [0.25, 0.3) is 11.8 Å². The molecule has 2 N–H and O–H groups in total. The van der Waals surface area contributed by atoms with Crippen molar-refractivity contribution in [2.24, 2.45) is 5.92 Å². The Kier molecular flexibility index (Phi) is 5.08. The van der Waals surface area contributed by atoms with Crippen LogP contribution in [0.1, 0.15) is 33.3 Å². The molecule has 2 atom stereocenters. The van der Waals surface area contributed by atoms with Gasteiger partial charge in [0.2, 0.25) is 5.43 Å². The number of fused-ring (bicyclic) bond motifs is 2. The molecule has 1 aromatic heterocycles. The lowest BCUT2D eigenvalue weighted by Crippen LogP contribution is -2.52. The molecule has 2 amide bonds. The molecule has 0 spiro atoms. The highest BCUT2D eigenvalue weighted by molar-refractivity contribution is 7.99. The first-order valence-corrected chi connectivity index (χ1v) is 10.3. The van der Waals surface area contributed by atoms with Crippen molar-refractivity contribution in [2.45, 2.75) is 25.4 Å². The van der Waals surface area contributed by atoms with Crippen LogP contribution in [0.3, 0.4) is 0 Å². The molecule has 1 saturated heterocycles. The first kappa shape index (κ1) is 19.5. The lowest BCUT2D eigenvalue weighted by Gasteiger charge is -2.42. The second kappa shape index (κ2) is 7.55. The highest BCUT2D eigenvalue weighted by atomic mass is 32.2. The second-order valence-corrected chi connectivity index (χ2v) is 8.59. The van der Waals surface area contributed by atoms with Gasteiger partial charge in [-0.1, -0.05) is 19.1 Å². The molecule has 0 aliphatic carbocycles. The molecule has 2 aromatic rings. The average molecular weight is 417 g/mol. The fourth-order valence-corrected chi connectivity index (χ4v) is 4.88. The minimum Gasteiger partial charge on any atom is -0.503 e. The zero-order valence-electron chi connectivity index (χ0n) is 15.7. The van der Waals surface area contributed by atoms with Crippen LogP contribution < -0.4 is 10.7 Å². The summed E-state index contributed by atoms with van der Waals surface area (Å²) >= 11 is 1.65. The van der Waals surface area contributed by atoms with Crippen molar-refractivity contribution in [1.82, 2.24) is 14.8 Å². The number of thioether (sulfide) groups is 1. The molecule has 0 saturated carbocycles. The summed E-state index contributed by atoms with van der Waals surface area (Å²) < 4.78 is 14.5. The van der Waals surface area contributed by atoms with Gasteiger partial charge in [-0.15, -0.1) is 11.8 Å². The summed E-state index contributed by atoms with van der Waals surface area (Å²) in [4.78, 5) is 39.6. The summed E-state index contributed by atoms with van der Waals surface area (Å²) in [5.41, 5.74) is -0.516. The van der Waals surface area contributed by atoms with E-state index < -0.39 is 23.0 Å². The molecule has 0 radical (unpaired) electrons. The molecule has 7 nitrogen and oxygen atoms in total. The predicted molar refractivity (Wildman–Crippen MR) is 106 cm³/mol. The van der Waals surface area contributed by atoms with E-state index in [4.69, 9.17) is 0 Å². The standard InChI is InChI=1S/C20H20FN3O4S/c1-11-7-24-15(29-10-11)9-23-8-14(17(25)18(26)16(23)20(24)28)19(27)22-6-12-2-4-13(21)5-3-12/h2-5,8,11,15,26H,6-7,9-10H2,1H3,(H,22,27). The number of aromatic hydroxyl groups is 1. The van der Waals surface area contributed by atoms with Crippen LogP contribution in [0.5, 0.6) is 5.75 Å². The molecular weight excluding hydrogens is 397 g/mol. The second-order valence-electron chi connectivity index (χ2n) is 7.38. The highest BCUT2D eigenvalue weighted by Gasteiger charge is 2.39. The maximum absolute atomic E-state index is 13.0. The number of carbonyl (C=O) groups is 2. The Balaban J connectivity index is 1.61. The minimum absolute atomic E-state index is 0.0731. The third kappa shape index (κ3) is 3.62. The quantitative estimate of drug-likeness (QED) is 0.795. The van der Waals surface area contributed by atoms with Crippen LogP contribution in [0.4, 0.5) is 4.39 Å². The van der Waals surface area contributed by atoms with Gasteiger partial charge in [0.1, 0.15) is 11.4 Å². The smallest absolute Gasteiger partial charge is 0.275 e. The molecule has 9 heteroatoms. The molecule has 3 heterocycles. The van der Waals surface area contributed by atoms with E-state index in [9.17, 15) is 23.9 Å². The van der Waals surface area contributed by atoms with Gasteiger partial charge in [-0.25, -0.2) is 4.39 Å². The number of hydrogen-bond acceptors (Lipinski definition) is 5. The lowest BCUT2D eigenvalue weighted by molar-refractivity contribution is 0.0633. The number of nitrogens with one attached hydrogen (secondary N) is 1. The van der Waals surface area contributed by atoms with Crippen LogP contribution in [0.25, 0.3) is 0 Å². The number of pyridine rings is 1. The lowest BCUT2D eigenvalue weighted by atomic mass is 10.1. The number of aromatic nitrogens is 1. The van der Waals surface area contributed by atoms with E-state index in [0.717, 1.165) is 5.75 Å². The molecule has 4 rings (SSSR count). The predicted octanol–water partition coefficient (Wildman–Crippen LogP) is 1.79. The SMILES string of the molecule is CC1CSC2Cn3cc(C(=O)NCc4ccc(F)cc4)c(=O)c(O)c3C(=O)N2C1. The number of hydrogen-bond donors (Lipinski definition) is 2. The monoisotopic (exact) mass is 417 g/mol. The van der Waals surface area contributed by atoms with Crippen LogP contribution >= 0.6 is 11.8 Å². The number of amides is 2. The van der Waals surface area contributed by atoms with Gasteiger partial charge in [0.15, 0.2) is 11.4 Å². The Morgan fingerprint density at radius 3 is 2.72 bits per heavy atom. The van der Waals surface area contributed by atoms with Crippen LogP contribution in [-0.4, -0.2) is 44.1 Å². The molecule has 29 heavy (non-hydrogen) atoms. The van der Waals surface area contributed by atoms with Crippen LogP contribution in [0.15, 0.2) is 35.3 Å². The van der Waals surface area contributed by atoms with Crippen LogP contribution in [0.2, 0.25) is 0 Å². The van der Waals surface area contributed by atoms with Crippen LogP contribution in [0, 0.1) is 11.7 Å². The van der Waals surface area contributed by atoms with Crippen molar-refractivity contribution < 1.29 is 19.1 Å². The highest BCUT2D eigenvalue weighted by Crippen LogP contribution is 2.33. The topological polar surface area (TPSA) is 91.6 Å². The summed E-state index contributed by atoms with van der Waals surface area (Å²) in [6, 6.07) is 5.62. The van der Waals surface area contributed by atoms with E-state index in [2.05, 4.69) is 5.32 Å². The molecular formula is C20H20FN3O4S. The van der Waals surface area contributed by atoms with E-state index in [-0.39, 0.29) is 29.0 Å². The minimum atomic E-state index is -0.877. The largest absolute Gasteiger partial charge is 0.503 e. The summed E-state index contributed by atoms with van der Waals surface area (Å²) in [7, 11) is 0. The zero-order chi connectivity index (χ0) is 20.7. The molecule has 2 aliphatic heterocycles. The van der Waals surface area contributed by atoms with Gasteiger partial charge in [0, 0.05) is 19.3 Å². The maximum Gasteiger partial charge on any atom is 0.275 e. The first-order chi connectivity index (χ1) is 13.8. The molecule has 1 aromatic carbocycles. The Labute approximate surface area is 170 Å². The Bertz CT molecular complexity index is 1040. The van der Waals surface area contributed by atoms with Crippen molar-refractivity contribution in [3.63, 3.8) is 0 Å². The number of benzene rings is 1. The number of halogens is 1. The maximum atomic E-state index is 13.0. The van der Waals surface area contributed by atoms with Gasteiger partial charge >= 0.3 is 0 Å². The fraction of sp³-hybridized carbons (Fsp3) is 0.350. The molecule has 1 fully saturated rings. The van der Waals surface area contributed by atoms with Gasteiger partial charge in [-0.3, -0.25) is 14.4 Å². The summed E-state index contributed by atoms with van der Waals surface area (Å²) in [6.07, 6.45) is 1.34. The van der Waals surface area contributed by atoms with E-state index in [1.54, 1.807) is 16.7 Å². The van der Waals surface area contributed by atoms with Crippen molar-refractivity contribution in [1.29, 1.82) is 0 Å². The van der Waals surface area contributed by atoms with E-state index in [1.165, 1.54) is 35.0 Å².